The van der Waals surface area contributed by atoms with E-state index in [1.54, 1.807) is 0 Å². The number of benzene rings is 1. The van der Waals surface area contributed by atoms with Gasteiger partial charge < -0.3 is 14.5 Å². The minimum absolute atomic E-state index is 0.0735. The first-order valence-electron chi connectivity index (χ1n) is 15.0. The van der Waals surface area contributed by atoms with E-state index in [4.69, 9.17) is 21.3 Å². The molecule has 1 fully saturated rings. The van der Waals surface area contributed by atoms with E-state index in [1.165, 1.54) is 40.8 Å². The molecule has 4 rings (SSSR count). The average molecular weight is 576 g/mol. The van der Waals surface area contributed by atoms with Gasteiger partial charge in [0, 0.05) is 59.8 Å². The molecular formula is C35H46ClN3O2. The van der Waals surface area contributed by atoms with E-state index in [-0.39, 0.29) is 18.1 Å². The number of allylic oxidation sites excluding steroid dienone is 6. The maximum atomic E-state index is 12.9. The van der Waals surface area contributed by atoms with Crippen molar-refractivity contribution in [3.05, 3.63) is 93.3 Å². The Kier molecular flexibility index (Phi) is 10.0. The number of aliphatic imine (C=N–C) groups is 1. The van der Waals surface area contributed by atoms with E-state index in [0.29, 0.717) is 6.54 Å². The predicted octanol–water partition coefficient (Wildman–Crippen LogP) is 9.00. The van der Waals surface area contributed by atoms with Crippen molar-refractivity contribution in [1.82, 2.24) is 9.80 Å². The smallest absolute Gasteiger partial charge is 0.410 e. The zero-order valence-corrected chi connectivity index (χ0v) is 26.4. The summed E-state index contributed by atoms with van der Waals surface area (Å²) in [6.45, 7) is 19.2. The fourth-order valence-corrected chi connectivity index (χ4v) is 5.99. The maximum Gasteiger partial charge on any atom is 0.410 e. The van der Waals surface area contributed by atoms with Gasteiger partial charge in [0.2, 0.25) is 0 Å². The van der Waals surface area contributed by atoms with E-state index >= 15 is 0 Å². The first-order valence-corrected chi connectivity index (χ1v) is 15.4. The summed E-state index contributed by atoms with van der Waals surface area (Å²) in [6, 6.07) is 8.23. The fraction of sp³-hybridized carbons (Fsp3) is 0.486. The zero-order chi connectivity index (χ0) is 29.7. The molecule has 2 atom stereocenters. The van der Waals surface area contributed by atoms with Crippen LogP contribution in [0.4, 0.5) is 4.79 Å². The van der Waals surface area contributed by atoms with Crippen LogP contribution < -0.4 is 0 Å². The van der Waals surface area contributed by atoms with Gasteiger partial charge in [-0.3, -0.25) is 4.99 Å². The topological polar surface area (TPSA) is 45.1 Å². The Balaban J connectivity index is 1.72. The van der Waals surface area contributed by atoms with Crippen molar-refractivity contribution in [2.24, 2.45) is 4.99 Å². The van der Waals surface area contributed by atoms with Crippen molar-refractivity contribution < 1.29 is 9.53 Å². The lowest BCUT2D eigenvalue weighted by Crippen LogP contribution is -2.43. The molecule has 0 bridgehead atoms. The number of hydrogen-bond acceptors (Lipinski definition) is 4. The normalized spacial score (nSPS) is 23.0. The Labute approximate surface area is 252 Å². The van der Waals surface area contributed by atoms with Crippen LogP contribution in [0, 0.1) is 0 Å². The summed E-state index contributed by atoms with van der Waals surface area (Å²) in [4.78, 5) is 22.2. The number of carbonyl (C=O) groups is 1. The number of halogens is 1. The second kappa shape index (κ2) is 13.3. The molecule has 0 aliphatic carbocycles. The number of nitrogens with zero attached hydrogens (tertiary/aromatic N) is 3. The second-order valence-electron chi connectivity index (χ2n) is 12.5. The highest BCUT2D eigenvalue weighted by molar-refractivity contribution is 6.30. The molecule has 3 heterocycles. The Bertz CT molecular complexity index is 1300. The second-order valence-corrected chi connectivity index (χ2v) is 13.0. The van der Waals surface area contributed by atoms with Crippen molar-refractivity contribution in [3.8, 4) is 0 Å². The van der Waals surface area contributed by atoms with Crippen LogP contribution in [0.3, 0.4) is 0 Å². The molecule has 1 saturated heterocycles. The Morgan fingerprint density at radius 2 is 1.95 bits per heavy atom. The molecule has 0 spiro atoms. The lowest BCUT2D eigenvalue weighted by molar-refractivity contribution is 0.0170. The van der Waals surface area contributed by atoms with Crippen LogP contribution in [0.1, 0.15) is 85.1 Å². The van der Waals surface area contributed by atoms with Crippen molar-refractivity contribution in [1.29, 1.82) is 0 Å². The first kappa shape index (κ1) is 30.9. The standard InChI is InChI=1S/C35H46ClN3O2/c1-24-20-31(28-13-11-19-39(26(3)15-16-28)34(40)41-35(5,6)7)33(27(4)37-23-24)32(38-17-8-9-18-38)21-25(2)29-12-10-14-30(36)22-29/h10,12-14,20-23,25-26H,1,8-9,11,15-19H2,2-7H3/b28-13-,32-21+/t25?,26-/m1/s1. The third-order valence-electron chi connectivity index (χ3n) is 7.97. The molecule has 5 nitrogen and oxygen atoms in total. The number of rotatable bonds is 5. The largest absolute Gasteiger partial charge is 0.444 e. The molecule has 41 heavy (non-hydrogen) atoms. The van der Waals surface area contributed by atoms with Crippen LogP contribution in [0.5, 0.6) is 0 Å². The lowest BCUT2D eigenvalue weighted by Gasteiger charge is -2.34. The van der Waals surface area contributed by atoms with Gasteiger partial charge in [-0.15, -0.1) is 0 Å². The van der Waals surface area contributed by atoms with Crippen LogP contribution >= 0.6 is 11.6 Å². The SMILES string of the molecule is C=C1C=NC(C)=C(/C(=C\C(C)c2cccc(Cl)c2)N2CCCC2)C(/C2=C\CCN(C(=O)OC(C)(C)C)[C@H](C)CC2)=C1. The summed E-state index contributed by atoms with van der Waals surface area (Å²) in [6.07, 6.45) is 13.4. The molecule has 1 aromatic carbocycles. The highest BCUT2D eigenvalue weighted by Crippen LogP contribution is 2.39. The highest BCUT2D eigenvalue weighted by Gasteiger charge is 2.30. The number of likely N-dealkylation sites (tertiary alicyclic amines) is 1. The van der Waals surface area contributed by atoms with Crippen LogP contribution in [0.15, 0.2) is 87.8 Å². The molecule has 1 aromatic rings. The van der Waals surface area contributed by atoms with Crippen LogP contribution in [0.2, 0.25) is 5.02 Å². The molecule has 0 N–H and O–H groups in total. The van der Waals surface area contributed by atoms with Gasteiger partial charge in [-0.05, 0) is 107 Å². The van der Waals surface area contributed by atoms with Gasteiger partial charge in [0.25, 0.3) is 0 Å². The number of carbonyl (C=O) groups excluding carboxylic acids is 1. The predicted molar refractivity (Wildman–Crippen MR) is 172 cm³/mol. The molecular weight excluding hydrogens is 530 g/mol. The van der Waals surface area contributed by atoms with Gasteiger partial charge >= 0.3 is 6.09 Å². The first-order chi connectivity index (χ1) is 19.4. The molecule has 0 aromatic heterocycles. The van der Waals surface area contributed by atoms with Gasteiger partial charge in [-0.25, -0.2) is 4.79 Å². The molecule has 220 valence electrons. The van der Waals surface area contributed by atoms with Crippen LogP contribution in [0.25, 0.3) is 0 Å². The zero-order valence-electron chi connectivity index (χ0n) is 25.7. The van der Waals surface area contributed by atoms with Crippen molar-refractivity contribution in [2.45, 2.75) is 91.2 Å². The third kappa shape index (κ3) is 8.03. The van der Waals surface area contributed by atoms with E-state index in [0.717, 1.165) is 48.6 Å². The van der Waals surface area contributed by atoms with Gasteiger partial charge in [0.1, 0.15) is 5.60 Å². The summed E-state index contributed by atoms with van der Waals surface area (Å²) in [5, 5.41) is 0.756. The molecule has 1 unspecified atom stereocenters. The van der Waals surface area contributed by atoms with E-state index in [9.17, 15) is 4.79 Å². The maximum absolute atomic E-state index is 12.9. The van der Waals surface area contributed by atoms with Crippen molar-refractivity contribution in [2.75, 3.05) is 19.6 Å². The van der Waals surface area contributed by atoms with Gasteiger partial charge in [-0.1, -0.05) is 49.4 Å². The van der Waals surface area contributed by atoms with E-state index < -0.39 is 5.60 Å². The number of amides is 1. The summed E-state index contributed by atoms with van der Waals surface area (Å²) in [7, 11) is 0. The number of ether oxygens (including phenoxy) is 1. The molecule has 0 radical (unpaired) electrons. The van der Waals surface area contributed by atoms with Crippen molar-refractivity contribution >= 4 is 23.9 Å². The molecule has 3 aliphatic rings. The third-order valence-corrected chi connectivity index (χ3v) is 8.20. The Morgan fingerprint density at radius 1 is 1.22 bits per heavy atom. The lowest BCUT2D eigenvalue weighted by atomic mass is 9.86. The van der Waals surface area contributed by atoms with Crippen LogP contribution in [-0.2, 0) is 4.74 Å². The minimum atomic E-state index is -0.510. The van der Waals surface area contributed by atoms with E-state index in [1.807, 2.05) is 44.0 Å². The molecule has 3 aliphatic heterocycles. The fourth-order valence-electron chi connectivity index (χ4n) is 5.80. The Hall–Kier alpha value is -3.05. The monoisotopic (exact) mass is 575 g/mol. The minimum Gasteiger partial charge on any atom is -0.444 e. The van der Waals surface area contributed by atoms with Gasteiger partial charge in [-0.2, -0.15) is 0 Å². The highest BCUT2D eigenvalue weighted by atomic mass is 35.5. The average Bonchev–Trinajstić information content (AvgIpc) is 3.38. The summed E-state index contributed by atoms with van der Waals surface area (Å²) in [5.74, 6) is 0.176. The quantitative estimate of drug-likeness (QED) is 0.352. The summed E-state index contributed by atoms with van der Waals surface area (Å²) in [5.41, 5.74) is 7.48. The van der Waals surface area contributed by atoms with E-state index in [2.05, 4.69) is 62.6 Å². The summed E-state index contributed by atoms with van der Waals surface area (Å²) >= 11 is 6.37. The summed E-state index contributed by atoms with van der Waals surface area (Å²) < 4.78 is 5.72. The molecule has 0 saturated carbocycles. The van der Waals surface area contributed by atoms with Gasteiger partial charge in [0.15, 0.2) is 0 Å². The van der Waals surface area contributed by atoms with Gasteiger partial charge in [0.05, 0.1) is 0 Å². The molecule has 6 heteroatoms. The number of hydrogen-bond donors (Lipinski definition) is 0. The molecule has 1 amide bonds. The van der Waals surface area contributed by atoms with Crippen molar-refractivity contribution in [3.63, 3.8) is 0 Å². The van der Waals surface area contributed by atoms with Crippen LogP contribution in [-0.4, -0.2) is 53.4 Å². The Morgan fingerprint density at radius 3 is 2.63 bits per heavy atom.